The Hall–Kier alpha value is -2.67. The topological polar surface area (TPSA) is 92.3 Å². The SMILES string of the molecule is CC(=O)Nc1ccc(NC(=O)CS(=O)(=O)CCCc2ccccc2)cc1. The van der Waals surface area contributed by atoms with E-state index in [-0.39, 0.29) is 11.7 Å². The van der Waals surface area contributed by atoms with Crippen LogP contribution in [0.1, 0.15) is 18.9 Å². The molecule has 2 aromatic rings. The van der Waals surface area contributed by atoms with E-state index in [1.165, 1.54) is 6.92 Å². The van der Waals surface area contributed by atoms with E-state index in [0.29, 0.717) is 24.2 Å². The summed E-state index contributed by atoms with van der Waals surface area (Å²) in [5.41, 5.74) is 2.15. The molecule has 0 saturated heterocycles. The first kappa shape index (κ1) is 19.7. The first-order valence-electron chi connectivity index (χ1n) is 8.26. The van der Waals surface area contributed by atoms with Crippen LogP contribution < -0.4 is 10.6 Å². The average Bonchev–Trinajstić information content (AvgIpc) is 2.56. The van der Waals surface area contributed by atoms with Crippen molar-refractivity contribution in [2.75, 3.05) is 22.1 Å². The maximum Gasteiger partial charge on any atom is 0.239 e. The number of rotatable bonds is 8. The second-order valence-corrected chi connectivity index (χ2v) is 8.17. The number of carbonyl (C=O) groups excluding carboxylic acids is 2. The van der Waals surface area contributed by atoms with Gasteiger partial charge in [0.15, 0.2) is 9.84 Å². The quantitative estimate of drug-likeness (QED) is 0.743. The van der Waals surface area contributed by atoms with Crippen LogP contribution in [0.3, 0.4) is 0 Å². The van der Waals surface area contributed by atoms with Crippen molar-refractivity contribution in [2.45, 2.75) is 19.8 Å². The maximum absolute atomic E-state index is 12.1. The number of sulfone groups is 1. The van der Waals surface area contributed by atoms with Crippen LogP contribution in [-0.4, -0.2) is 31.7 Å². The molecule has 0 aliphatic carbocycles. The summed E-state index contributed by atoms with van der Waals surface area (Å²) in [4.78, 5) is 22.9. The zero-order valence-electron chi connectivity index (χ0n) is 14.6. The van der Waals surface area contributed by atoms with Crippen molar-refractivity contribution in [3.8, 4) is 0 Å². The summed E-state index contributed by atoms with van der Waals surface area (Å²) >= 11 is 0. The summed E-state index contributed by atoms with van der Waals surface area (Å²) in [6.07, 6.45) is 1.14. The van der Waals surface area contributed by atoms with Gasteiger partial charge < -0.3 is 10.6 Å². The van der Waals surface area contributed by atoms with Crippen LogP contribution in [0.4, 0.5) is 11.4 Å². The molecule has 0 aliphatic rings. The molecule has 2 amide bonds. The molecule has 0 radical (unpaired) electrons. The van der Waals surface area contributed by atoms with Crippen LogP contribution in [0.5, 0.6) is 0 Å². The monoisotopic (exact) mass is 374 g/mol. The number of hydrogen-bond acceptors (Lipinski definition) is 4. The van der Waals surface area contributed by atoms with Crippen LogP contribution in [0.15, 0.2) is 54.6 Å². The lowest BCUT2D eigenvalue weighted by Crippen LogP contribution is -2.25. The van der Waals surface area contributed by atoms with E-state index in [2.05, 4.69) is 10.6 Å². The third kappa shape index (κ3) is 7.06. The van der Waals surface area contributed by atoms with E-state index in [0.717, 1.165) is 5.56 Å². The van der Waals surface area contributed by atoms with Crippen molar-refractivity contribution in [1.29, 1.82) is 0 Å². The fraction of sp³-hybridized carbons (Fsp3) is 0.263. The molecule has 0 bridgehead atoms. The fourth-order valence-electron chi connectivity index (χ4n) is 2.45. The minimum Gasteiger partial charge on any atom is -0.326 e. The van der Waals surface area contributed by atoms with Crippen molar-refractivity contribution in [3.05, 3.63) is 60.2 Å². The van der Waals surface area contributed by atoms with Gasteiger partial charge in [0.1, 0.15) is 5.75 Å². The van der Waals surface area contributed by atoms with Gasteiger partial charge in [0, 0.05) is 18.3 Å². The van der Waals surface area contributed by atoms with Crippen molar-refractivity contribution in [3.63, 3.8) is 0 Å². The fourth-order valence-corrected chi connectivity index (χ4v) is 3.65. The van der Waals surface area contributed by atoms with Gasteiger partial charge in [-0.1, -0.05) is 30.3 Å². The molecular weight excluding hydrogens is 352 g/mol. The smallest absolute Gasteiger partial charge is 0.239 e. The molecule has 7 heteroatoms. The molecule has 26 heavy (non-hydrogen) atoms. The van der Waals surface area contributed by atoms with Crippen molar-refractivity contribution < 1.29 is 18.0 Å². The number of anilines is 2. The summed E-state index contributed by atoms with van der Waals surface area (Å²) in [5, 5.41) is 5.17. The number of nitrogens with one attached hydrogen (secondary N) is 2. The third-order valence-corrected chi connectivity index (χ3v) is 5.22. The minimum atomic E-state index is -3.46. The Kier molecular flexibility index (Phi) is 6.91. The Bertz CT molecular complexity index is 847. The second kappa shape index (κ2) is 9.15. The first-order valence-corrected chi connectivity index (χ1v) is 10.1. The van der Waals surface area contributed by atoms with Gasteiger partial charge in [-0.05, 0) is 42.7 Å². The van der Waals surface area contributed by atoms with Crippen LogP contribution in [-0.2, 0) is 25.8 Å². The number of carbonyl (C=O) groups is 2. The lowest BCUT2D eigenvalue weighted by molar-refractivity contribution is -0.114. The molecule has 0 aliphatic heterocycles. The number of benzene rings is 2. The van der Waals surface area contributed by atoms with Crippen LogP contribution >= 0.6 is 0 Å². The summed E-state index contributed by atoms with van der Waals surface area (Å²) < 4.78 is 24.2. The van der Waals surface area contributed by atoms with Gasteiger partial charge in [0.25, 0.3) is 0 Å². The highest BCUT2D eigenvalue weighted by molar-refractivity contribution is 7.92. The highest BCUT2D eigenvalue weighted by atomic mass is 32.2. The van der Waals surface area contributed by atoms with Gasteiger partial charge in [0.2, 0.25) is 11.8 Å². The Morgan fingerprint density at radius 3 is 2.04 bits per heavy atom. The summed E-state index contributed by atoms with van der Waals surface area (Å²) in [5.74, 6) is -1.34. The Morgan fingerprint density at radius 1 is 0.885 bits per heavy atom. The second-order valence-electron chi connectivity index (χ2n) is 5.99. The molecule has 0 atom stereocenters. The summed E-state index contributed by atoms with van der Waals surface area (Å²) in [6.45, 7) is 1.40. The van der Waals surface area contributed by atoms with Gasteiger partial charge in [-0.3, -0.25) is 9.59 Å². The summed E-state index contributed by atoms with van der Waals surface area (Å²) in [7, 11) is -3.46. The standard InChI is InChI=1S/C19H22N2O4S/c1-15(22)20-17-9-11-18(12-10-17)21-19(23)14-26(24,25)13-5-8-16-6-3-2-4-7-16/h2-4,6-7,9-12H,5,8,13-14H2,1H3,(H,20,22)(H,21,23). The molecule has 138 valence electrons. The van der Waals surface area contributed by atoms with Gasteiger partial charge in [-0.2, -0.15) is 0 Å². The lowest BCUT2D eigenvalue weighted by Gasteiger charge is -2.08. The minimum absolute atomic E-state index is 0.0310. The highest BCUT2D eigenvalue weighted by Crippen LogP contribution is 2.13. The Labute approximate surface area is 153 Å². The zero-order chi connectivity index (χ0) is 19.0. The molecule has 0 unspecified atom stereocenters. The molecule has 0 heterocycles. The predicted octanol–water partition coefficient (Wildman–Crippen LogP) is 2.63. The number of amides is 2. The van der Waals surface area contributed by atoms with Gasteiger partial charge in [0.05, 0.1) is 5.75 Å². The molecule has 6 nitrogen and oxygen atoms in total. The van der Waals surface area contributed by atoms with Gasteiger partial charge in [-0.15, -0.1) is 0 Å². The molecule has 0 spiro atoms. The molecular formula is C19H22N2O4S. The molecule has 2 N–H and O–H groups in total. The average molecular weight is 374 g/mol. The van der Waals surface area contributed by atoms with Crippen molar-refractivity contribution in [2.24, 2.45) is 0 Å². The highest BCUT2D eigenvalue weighted by Gasteiger charge is 2.16. The first-order chi connectivity index (χ1) is 12.3. The number of hydrogen-bond donors (Lipinski definition) is 2. The molecule has 2 aromatic carbocycles. The molecule has 0 fully saturated rings. The van der Waals surface area contributed by atoms with Gasteiger partial charge >= 0.3 is 0 Å². The summed E-state index contributed by atoms with van der Waals surface area (Å²) in [6, 6.07) is 16.1. The van der Waals surface area contributed by atoms with E-state index in [4.69, 9.17) is 0 Å². The van der Waals surface area contributed by atoms with Gasteiger partial charge in [-0.25, -0.2) is 8.42 Å². The van der Waals surface area contributed by atoms with E-state index in [1.54, 1.807) is 24.3 Å². The zero-order valence-corrected chi connectivity index (χ0v) is 15.4. The third-order valence-electron chi connectivity index (χ3n) is 3.60. The Balaban J connectivity index is 1.81. The molecule has 2 rings (SSSR count). The largest absolute Gasteiger partial charge is 0.326 e. The maximum atomic E-state index is 12.1. The van der Waals surface area contributed by atoms with Crippen molar-refractivity contribution in [1.82, 2.24) is 0 Å². The van der Waals surface area contributed by atoms with E-state index < -0.39 is 21.5 Å². The van der Waals surface area contributed by atoms with E-state index in [9.17, 15) is 18.0 Å². The van der Waals surface area contributed by atoms with Crippen LogP contribution in [0.2, 0.25) is 0 Å². The molecule has 0 saturated carbocycles. The normalized spacial score (nSPS) is 11.0. The molecule has 0 aromatic heterocycles. The van der Waals surface area contributed by atoms with E-state index >= 15 is 0 Å². The van der Waals surface area contributed by atoms with E-state index in [1.807, 2.05) is 30.3 Å². The Morgan fingerprint density at radius 2 is 1.46 bits per heavy atom. The van der Waals surface area contributed by atoms with Crippen molar-refractivity contribution >= 4 is 33.0 Å². The van der Waals surface area contributed by atoms with Crippen LogP contribution in [0, 0.1) is 0 Å². The predicted molar refractivity (Wildman–Crippen MR) is 103 cm³/mol. The number of aryl methyl sites for hydroxylation is 1. The lowest BCUT2D eigenvalue weighted by atomic mass is 10.1. The van der Waals surface area contributed by atoms with Crippen LogP contribution in [0.25, 0.3) is 0 Å².